The van der Waals surface area contributed by atoms with Crippen molar-refractivity contribution in [2.24, 2.45) is 5.41 Å². The van der Waals surface area contributed by atoms with Crippen LogP contribution in [0, 0.1) is 5.41 Å². The molecule has 2 amide bonds. The van der Waals surface area contributed by atoms with Gasteiger partial charge in [-0.3, -0.25) is 14.6 Å². The molecular weight excluding hydrogens is 458 g/mol. The lowest BCUT2D eigenvalue weighted by molar-refractivity contribution is -0.131. The largest absolute Gasteiger partial charge is 0.493 e. The first-order valence-corrected chi connectivity index (χ1v) is 11.5. The first kappa shape index (κ1) is 23.2. The van der Waals surface area contributed by atoms with E-state index >= 15 is 0 Å². The normalized spacial score (nSPS) is 13.5. The summed E-state index contributed by atoms with van der Waals surface area (Å²) in [5, 5.41) is 6.47. The van der Waals surface area contributed by atoms with E-state index in [0.717, 1.165) is 5.39 Å². The minimum atomic E-state index is -1.04. The van der Waals surface area contributed by atoms with Crippen LogP contribution in [0.15, 0.2) is 79.0 Å². The lowest BCUT2D eigenvalue weighted by Gasteiger charge is -2.16. The van der Waals surface area contributed by atoms with Crippen LogP contribution in [0.1, 0.15) is 12.8 Å². The number of anilines is 2. The van der Waals surface area contributed by atoms with Gasteiger partial charge in [0.05, 0.1) is 19.7 Å². The average Bonchev–Trinajstić information content (AvgIpc) is 3.72. The van der Waals surface area contributed by atoms with Crippen LogP contribution < -0.4 is 24.8 Å². The summed E-state index contributed by atoms with van der Waals surface area (Å²) in [4.78, 5) is 30.1. The number of rotatable bonds is 8. The molecule has 1 aliphatic carbocycles. The molecular formula is C28H25N3O5. The van der Waals surface area contributed by atoms with Crippen LogP contribution in [0.4, 0.5) is 11.4 Å². The Kier molecular flexibility index (Phi) is 6.16. The molecule has 5 rings (SSSR count). The minimum Gasteiger partial charge on any atom is -0.493 e. The first-order valence-electron chi connectivity index (χ1n) is 11.5. The highest BCUT2D eigenvalue weighted by molar-refractivity contribution is 6.16. The lowest BCUT2D eigenvalue weighted by atomic mass is 10.0. The fraction of sp³-hybridized carbons (Fsp3) is 0.179. The Balaban J connectivity index is 1.28. The summed E-state index contributed by atoms with van der Waals surface area (Å²) in [6, 6.07) is 21.5. The third-order valence-electron chi connectivity index (χ3n) is 6.20. The molecule has 182 valence electrons. The Hall–Kier alpha value is -4.59. The molecule has 8 heteroatoms. The molecule has 0 atom stereocenters. The number of amides is 2. The van der Waals surface area contributed by atoms with Crippen molar-refractivity contribution in [3.05, 3.63) is 79.0 Å². The molecule has 2 N–H and O–H groups in total. The minimum absolute atomic E-state index is 0.289. The van der Waals surface area contributed by atoms with E-state index in [1.165, 1.54) is 0 Å². The van der Waals surface area contributed by atoms with Gasteiger partial charge in [-0.2, -0.15) is 0 Å². The van der Waals surface area contributed by atoms with Gasteiger partial charge in [0.2, 0.25) is 11.8 Å². The monoisotopic (exact) mass is 483 g/mol. The quantitative estimate of drug-likeness (QED) is 0.326. The van der Waals surface area contributed by atoms with Crippen molar-refractivity contribution in [1.82, 2.24) is 4.98 Å². The van der Waals surface area contributed by atoms with Crippen LogP contribution in [0.25, 0.3) is 10.9 Å². The zero-order valence-corrected chi connectivity index (χ0v) is 19.9. The Morgan fingerprint density at radius 3 is 2.00 bits per heavy atom. The van der Waals surface area contributed by atoms with Crippen molar-refractivity contribution >= 4 is 34.1 Å². The fourth-order valence-electron chi connectivity index (χ4n) is 3.97. The van der Waals surface area contributed by atoms with Crippen molar-refractivity contribution in [1.29, 1.82) is 0 Å². The van der Waals surface area contributed by atoms with Gasteiger partial charge >= 0.3 is 0 Å². The zero-order chi connectivity index (χ0) is 25.1. The van der Waals surface area contributed by atoms with Gasteiger partial charge in [-0.15, -0.1) is 0 Å². The predicted octanol–water partition coefficient (Wildman–Crippen LogP) is 5.40. The molecule has 0 radical (unpaired) electrons. The van der Waals surface area contributed by atoms with Crippen LogP contribution in [-0.4, -0.2) is 31.0 Å². The van der Waals surface area contributed by atoms with E-state index in [1.54, 1.807) is 68.9 Å². The maximum Gasteiger partial charge on any atom is 0.240 e. The van der Waals surface area contributed by atoms with Crippen molar-refractivity contribution in [3.8, 4) is 23.0 Å². The number of nitrogens with one attached hydrogen (secondary N) is 2. The molecule has 0 unspecified atom stereocenters. The molecule has 4 aromatic rings. The summed E-state index contributed by atoms with van der Waals surface area (Å²) >= 11 is 0. The molecule has 8 nitrogen and oxygen atoms in total. The van der Waals surface area contributed by atoms with Gasteiger partial charge in [0.15, 0.2) is 11.5 Å². The van der Waals surface area contributed by atoms with Gasteiger partial charge in [0, 0.05) is 29.0 Å². The third kappa shape index (κ3) is 4.53. The van der Waals surface area contributed by atoms with Gasteiger partial charge in [0.1, 0.15) is 16.9 Å². The van der Waals surface area contributed by atoms with Crippen molar-refractivity contribution < 1.29 is 23.8 Å². The third-order valence-corrected chi connectivity index (χ3v) is 6.20. The number of carbonyl (C=O) groups excluding carboxylic acids is 2. The number of nitrogens with zero attached hydrogens (tertiary/aromatic N) is 1. The summed E-state index contributed by atoms with van der Waals surface area (Å²) < 4.78 is 16.9. The number of pyridine rings is 1. The molecule has 0 aliphatic heterocycles. The fourth-order valence-corrected chi connectivity index (χ4v) is 3.97. The maximum atomic E-state index is 12.9. The van der Waals surface area contributed by atoms with Gasteiger partial charge in [0.25, 0.3) is 0 Å². The van der Waals surface area contributed by atoms with Gasteiger partial charge in [-0.25, -0.2) is 0 Å². The van der Waals surface area contributed by atoms with Gasteiger partial charge < -0.3 is 24.8 Å². The lowest BCUT2D eigenvalue weighted by Crippen LogP contribution is -2.35. The van der Waals surface area contributed by atoms with E-state index in [0.29, 0.717) is 52.7 Å². The molecule has 0 spiro atoms. The van der Waals surface area contributed by atoms with Gasteiger partial charge in [-0.1, -0.05) is 18.2 Å². The van der Waals surface area contributed by atoms with Crippen molar-refractivity contribution in [3.63, 3.8) is 0 Å². The standard InChI is InChI=1S/C28H25N3O5/c1-34-24-16-21-22(17-25(24)35-2)29-15-12-23(21)36-20-10-8-19(9-11-20)31-27(33)28(13-14-28)26(32)30-18-6-4-3-5-7-18/h3-12,15-17H,13-14H2,1-2H3,(H,30,32)(H,31,33). The second-order valence-corrected chi connectivity index (χ2v) is 8.52. The van der Waals surface area contributed by atoms with Gasteiger partial charge in [-0.05, 0) is 61.4 Å². The first-order chi connectivity index (χ1) is 17.5. The van der Waals surface area contributed by atoms with E-state index in [9.17, 15) is 9.59 Å². The van der Waals surface area contributed by atoms with Crippen LogP contribution in [0.5, 0.6) is 23.0 Å². The second-order valence-electron chi connectivity index (χ2n) is 8.52. The molecule has 3 aromatic carbocycles. The maximum absolute atomic E-state index is 12.9. The summed E-state index contributed by atoms with van der Waals surface area (Å²) in [6.45, 7) is 0. The van der Waals surface area contributed by atoms with Crippen LogP contribution >= 0.6 is 0 Å². The van der Waals surface area contributed by atoms with E-state index in [4.69, 9.17) is 14.2 Å². The molecule has 36 heavy (non-hydrogen) atoms. The molecule has 1 saturated carbocycles. The Morgan fingerprint density at radius 2 is 1.39 bits per heavy atom. The van der Waals surface area contributed by atoms with E-state index < -0.39 is 5.41 Å². The average molecular weight is 484 g/mol. The molecule has 0 bridgehead atoms. The van der Waals surface area contributed by atoms with Crippen LogP contribution in [-0.2, 0) is 9.59 Å². The summed E-state index contributed by atoms with van der Waals surface area (Å²) in [5.41, 5.74) is 0.915. The molecule has 1 heterocycles. The number of aromatic nitrogens is 1. The highest BCUT2D eigenvalue weighted by Gasteiger charge is 2.56. The Bertz CT molecular complexity index is 1420. The van der Waals surface area contributed by atoms with E-state index in [2.05, 4.69) is 15.6 Å². The smallest absolute Gasteiger partial charge is 0.240 e. The Labute approximate surface area is 208 Å². The predicted molar refractivity (Wildman–Crippen MR) is 137 cm³/mol. The number of benzene rings is 3. The summed E-state index contributed by atoms with van der Waals surface area (Å²) in [5.74, 6) is 1.74. The van der Waals surface area contributed by atoms with Crippen LogP contribution in [0.2, 0.25) is 0 Å². The highest BCUT2D eigenvalue weighted by Crippen LogP contribution is 2.47. The highest BCUT2D eigenvalue weighted by atomic mass is 16.5. The number of carbonyl (C=O) groups is 2. The SMILES string of the molecule is COc1cc2nccc(Oc3ccc(NC(=O)C4(C(=O)Nc5ccccc5)CC4)cc3)c2cc1OC. The topological polar surface area (TPSA) is 98.8 Å². The molecule has 1 fully saturated rings. The number of ether oxygens (including phenoxy) is 3. The zero-order valence-electron chi connectivity index (χ0n) is 19.9. The molecule has 1 aromatic heterocycles. The summed E-state index contributed by atoms with van der Waals surface area (Å²) in [7, 11) is 3.15. The summed E-state index contributed by atoms with van der Waals surface area (Å²) in [6.07, 6.45) is 2.69. The number of para-hydroxylation sites is 1. The van der Waals surface area contributed by atoms with Crippen LogP contribution in [0.3, 0.4) is 0 Å². The number of methoxy groups -OCH3 is 2. The van der Waals surface area contributed by atoms with Crippen molar-refractivity contribution in [2.75, 3.05) is 24.9 Å². The number of hydrogen-bond donors (Lipinski definition) is 2. The number of hydrogen-bond acceptors (Lipinski definition) is 6. The number of fused-ring (bicyclic) bond motifs is 1. The molecule has 0 saturated heterocycles. The molecule has 1 aliphatic rings. The van der Waals surface area contributed by atoms with E-state index in [-0.39, 0.29) is 11.8 Å². The van der Waals surface area contributed by atoms with Crippen molar-refractivity contribution in [2.45, 2.75) is 12.8 Å². The van der Waals surface area contributed by atoms with E-state index in [1.807, 2.05) is 24.3 Å². The second kappa shape index (κ2) is 9.58. The Morgan fingerprint density at radius 1 is 0.778 bits per heavy atom.